The fourth-order valence-corrected chi connectivity index (χ4v) is 1.74. The lowest BCUT2D eigenvalue weighted by molar-refractivity contribution is -0.129. The molecule has 1 atom stereocenters. The van der Waals surface area contributed by atoms with E-state index in [9.17, 15) is 14.0 Å². The zero-order valence-electron chi connectivity index (χ0n) is 12.3. The lowest BCUT2D eigenvalue weighted by Crippen LogP contribution is -2.36. The van der Waals surface area contributed by atoms with Gasteiger partial charge in [0.2, 0.25) is 0 Å². The van der Waals surface area contributed by atoms with Gasteiger partial charge in [0, 0.05) is 12.2 Å². The third kappa shape index (κ3) is 5.81. The van der Waals surface area contributed by atoms with Crippen molar-refractivity contribution in [2.24, 2.45) is 0 Å². The topological polar surface area (TPSA) is 81.4 Å². The van der Waals surface area contributed by atoms with E-state index in [1.807, 2.05) is 0 Å². The molecule has 0 spiro atoms. The summed E-state index contributed by atoms with van der Waals surface area (Å²) in [6.07, 6.45) is 2.02. The number of nitrogens with one attached hydrogen (secondary N) is 1. The Balaban J connectivity index is 2.51. The first-order valence-corrected chi connectivity index (χ1v) is 6.98. The first-order valence-electron chi connectivity index (χ1n) is 6.98. The maximum Gasteiger partial charge on any atom is 0.339 e. The molecule has 3 N–H and O–H groups in total. The van der Waals surface area contributed by atoms with Gasteiger partial charge in [-0.3, -0.25) is 4.79 Å². The summed E-state index contributed by atoms with van der Waals surface area (Å²) in [5, 5.41) is 2.68. The van der Waals surface area contributed by atoms with Crippen molar-refractivity contribution < 1.29 is 18.7 Å². The monoisotopic (exact) mass is 296 g/mol. The van der Waals surface area contributed by atoms with E-state index in [1.54, 1.807) is 0 Å². The predicted molar refractivity (Wildman–Crippen MR) is 78.2 cm³/mol. The van der Waals surface area contributed by atoms with Crippen molar-refractivity contribution in [3.63, 3.8) is 0 Å². The van der Waals surface area contributed by atoms with Gasteiger partial charge in [0.25, 0.3) is 5.91 Å². The Morgan fingerprint density at radius 2 is 2.05 bits per heavy atom. The number of nitrogens with two attached hydrogens (primary N) is 1. The van der Waals surface area contributed by atoms with Crippen molar-refractivity contribution in [1.29, 1.82) is 0 Å². The summed E-state index contributed by atoms with van der Waals surface area (Å²) in [6, 6.07) is 3.42. The first-order chi connectivity index (χ1) is 9.93. The maximum atomic E-state index is 13.2. The Bertz CT molecular complexity index is 485. The van der Waals surface area contributed by atoms with E-state index in [2.05, 4.69) is 12.2 Å². The van der Waals surface area contributed by atoms with Gasteiger partial charge in [0.1, 0.15) is 5.82 Å². The Kier molecular flexibility index (Phi) is 6.65. The molecule has 0 saturated carbocycles. The molecule has 21 heavy (non-hydrogen) atoms. The Labute approximate surface area is 123 Å². The van der Waals surface area contributed by atoms with Gasteiger partial charge in [-0.15, -0.1) is 0 Å². The highest BCUT2D eigenvalue weighted by molar-refractivity contribution is 5.93. The fourth-order valence-electron chi connectivity index (χ4n) is 1.74. The van der Waals surface area contributed by atoms with Crippen molar-refractivity contribution in [2.45, 2.75) is 39.2 Å². The maximum absolute atomic E-state index is 13.2. The number of esters is 1. The molecule has 0 aliphatic carbocycles. The van der Waals surface area contributed by atoms with Gasteiger partial charge in [-0.25, -0.2) is 9.18 Å². The van der Waals surface area contributed by atoms with Crippen LogP contribution in [0.15, 0.2) is 18.2 Å². The van der Waals surface area contributed by atoms with Crippen LogP contribution in [0, 0.1) is 5.82 Å². The lowest BCUT2D eigenvalue weighted by Gasteiger charge is -2.13. The summed E-state index contributed by atoms with van der Waals surface area (Å²) < 4.78 is 18.1. The van der Waals surface area contributed by atoms with Crippen LogP contribution in [0.5, 0.6) is 0 Å². The van der Waals surface area contributed by atoms with Gasteiger partial charge in [0.05, 0.1) is 5.56 Å². The number of hydrogen-bond donors (Lipinski definition) is 2. The molecule has 1 amide bonds. The number of unbranched alkanes of at least 4 members (excludes halogenated alkanes) is 2. The molecule has 0 radical (unpaired) electrons. The summed E-state index contributed by atoms with van der Waals surface area (Å²) in [4.78, 5) is 23.5. The largest absolute Gasteiger partial charge is 0.449 e. The number of halogens is 1. The van der Waals surface area contributed by atoms with Crippen LogP contribution < -0.4 is 11.1 Å². The van der Waals surface area contributed by atoms with Crippen LogP contribution in [0.3, 0.4) is 0 Å². The van der Waals surface area contributed by atoms with E-state index in [1.165, 1.54) is 13.0 Å². The van der Waals surface area contributed by atoms with Crippen molar-refractivity contribution in [2.75, 3.05) is 12.3 Å². The molecule has 1 aromatic carbocycles. The highest BCUT2D eigenvalue weighted by Gasteiger charge is 2.19. The zero-order chi connectivity index (χ0) is 15.8. The minimum atomic E-state index is -0.941. The highest BCUT2D eigenvalue weighted by Crippen LogP contribution is 2.12. The number of ether oxygens (including phenoxy) is 1. The van der Waals surface area contributed by atoms with Crippen LogP contribution in [0.1, 0.15) is 43.5 Å². The second-order valence-electron chi connectivity index (χ2n) is 4.82. The number of benzene rings is 1. The molecule has 1 aromatic rings. The molecular formula is C15H21FN2O3. The zero-order valence-corrected chi connectivity index (χ0v) is 12.3. The van der Waals surface area contributed by atoms with Gasteiger partial charge in [-0.05, 0) is 31.5 Å². The van der Waals surface area contributed by atoms with Gasteiger partial charge >= 0.3 is 5.97 Å². The second kappa shape index (κ2) is 8.24. The molecule has 0 aliphatic heterocycles. The Morgan fingerprint density at radius 1 is 1.33 bits per heavy atom. The minimum Gasteiger partial charge on any atom is -0.449 e. The fraction of sp³-hybridized carbons (Fsp3) is 0.467. The minimum absolute atomic E-state index is 0.0156. The van der Waals surface area contributed by atoms with Crippen LogP contribution in [0.25, 0.3) is 0 Å². The summed E-state index contributed by atoms with van der Waals surface area (Å²) in [7, 11) is 0. The normalized spacial score (nSPS) is 11.8. The summed E-state index contributed by atoms with van der Waals surface area (Å²) in [5.74, 6) is -1.78. The molecule has 0 aliphatic rings. The molecule has 0 fully saturated rings. The SMILES string of the molecule is CCCCCNC(=O)C(C)OC(=O)c1cc(N)cc(F)c1. The van der Waals surface area contributed by atoms with E-state index >= 15 is 0 Å². The van der Waals surface area contributed by atoms with Gasteiger partial charge < -0.3 is 15.8 Å². The van der Waals surface area contributed by atoms with Gasteiger partial charge in [0.15, 0.2) is 6.10 Å². The lowest BCUT2D eigenvalue weighted by atomic mass is 10.2. The van der Waals surface area contributed by atoms with E-state index in [0.29, 0.717) is 6.54 Å². The Hall–Kier alpha value is -2.11. The van der Waals surface area contributed by atoms with Gasteiger partial charge in [-0.1, -0.05) is 19.8 Å². The number of carbonyl (C=O) groups is 2. The molecule has 0 heterocycles. The molecule has 1 unspecified atom stereocenters. The van der Waals surface area contributed by atoms with Crippen molar-refractivity contribution in [3.8, 4) is 0 Å². The van der Waals surface area contributed by atoms with Crippen molar-refractivity contribution in [3.05, 3.63) is 29.6 Å². The van der Waals surface area contributed by atoms with E-state index < -0.39 is 17.9 Å². The quantitative estimate of drug-likeness (QED) is 0.459. The smallest absolute Gasteiger partial charge is 0.339 e. The van der Waals surface area contributed by atoms with Crippen LogP contribution in [-0.4, -0.2) is 24.5 Å². The number of nitrogen functional groups attached to an aromatic ring is 1. The average molecular weight is 296 g/mol. The molecule has 116 valence electrons. The number of carbonyl (C=O) groups excluding carboxylic acids is 2. The molecule has 1 rings (SSSR count). The summed E-state index contributed by atoms with van der Waals surface area (Å²) in [6.45, 7) is 4.08. The highest BCUT2D eigenvalue weighted by atomic mass is 19.1. The molecule has 0 bridgehead atoms. The molecule has 0 saturated heterocycles. The first kappa shape index (κ1) is 16.9. The number of anilines is 1. The van der Waals surface area contributed by atoms with Crippen LogP contribution in [-0.2, 0) is 9.53 Å². The standard InChI is InChI=1S/C15H21FN2O3/c1-3-4-5-6-18-14(19)10(2)21-15(20)11-7-12(16)9-13(17)8-11/h7-10H,3-6,17H2,1-2H3,(H,18,19). The van der Waals surface area contributed by atoms with E-state index in [4.69, 9.17) is 10.5 Å². The molecule has 5 nitrogen and oxygen atoms in total. The average Bonchev–Trinajstić information content (AvgIpc) is 2.42. The van der Waals surface area contributed by atoms with E-state index in [-0.39, 0.29) is 17.2 Å². The third-order valence-corrected chi connectivity index (χ3v) is 2.89. The van der Waals surface area contributed by atoms with Crippen LogP contribution in [0.4, 0.5) is 10.1 Å². The number of hydrogen-bond acceptors (Lipinski definition) is 4. The molecular weight excluding hydrogens is 275 g/mol. The molecule has 6 heteroatoms. The number of rotatable bonds is 7. The van der Waals surface area contributed by atoms with Crippen molar-refractivity contribution >= 4 is 17.6 Å². The summed E-state index contributed by atoms with van der Waals surface area (Å²) in [5.41, 5.74) is 5.56. The van der Waals surface area contributed by atoms with Crippen LogP contribution >= 0.6 is 0 Å². The summed E-state index contributed by atoms with van der Waals surface area (Å²) >= 11 is 0. The second-order valence-corrected chi connectivity index (χ2v) is 4.82. The number of amides is 1. The van der Waals surface area contributed by atoms with Gasteiger partial charge in [-0.2, -0.15) is 0 Å². The predicted octanol–water partition coefficient (Wildman–Crippen LogP) is 2.26. The van der Waals surface area contributed by atoms with E-state index in [0.717, 1.165) is 31.4 Å². The third-order valence-electron chi connectivity index (χ3n) is 2.89. The Morgan fingerprint density at radius 3 is 2.67 bits per heavy atom. The van der Waals surface area contributed by atoms with Crippen LogP contribution in [0.2, 0.25) is 0 Å². The molecule has 0 aromatic heterocycles. The van der Waals surface area contributed by atoms with Crippen molar-refractivity contribution in [1.82, 2.24) is 5.32 Å².